The highest BCUT2D eigenvalue weighted by Crippen LogP contribution is 2.18. The van der Waals surface area contributed by atoms with Crippen LogP contribution in [0.3, 0.4) is 0 Å². The van der Waals surface area contributed by atoms with Gasteiger partial charge in [0, 0.05) is 16.1 Å². The first-order chi connectivity index (χ1) is 10.6. The van der Waals surface area contributed by atoms with Gasteiger partial charge in [0.1, 0.15) is 6.54 Å². The van der Waals surface area contributed by atoms with E-state index in [-0.39, 0.29) is 12.3 Å². The molecule has 110 valence electrons. The van der Waals surface area contributed by atoms with Gasteiger partial charge in [-0.2, -0.15) is 4.80 Å². The van der Waals surface area contributed by atoms with Crippen LogP contribution in [0.2, 0.25) is 5.02 Å². The summed E-state index contributed by atoms with van der Waals surface area (Å²) in [7, 11) is 0. The van der Waals surface area contributed by atoms with Crippen LogP contribution in [-0.4, -0.2) is 26.0 Å². The van der Waals surface area contributed by atoms with Gasteiger partial charge in [-0.15, -0.1) is 10.2 Å². The Kier molecular flexibility index (Phi) is 3.98. The minimum atomic E-state index is -0.115. The fourth-order valence-corrected chi connectivity index (χ4v) is 2.31. The summed E-state index contributed by atoms with van der Waals surface area (Å²) >= 11 is 5.89. The molecule has 3 rings (SSSR count). The van der Waals surface area contributed by atoms with Crippen LogP contribution in [0, 0.1) is 6.92 Å². The summed E-state index contributed by atoms with van der Waals surface area (Å²) in [5.74, 6) is 0.397. The number of carbonyl (C=O) groups is 1. The van der Waals surface area contributed by atoms with Gasteiger partial charge in [-0.3, -0.25) is 4.79 Å². The van der Waals surface area contributed by atoms with Crippen LogP contribution in [0.4, 0.5) is 0 Å². The lowest BCUT2D eigenvalue weighted by Gasteiger charge is -2.01. The van der Waals surface area contributed by atoms with Crippen LogP contribution < -0.4 is 0 Å². The third-order valence-corrected chi connectivity index (χ3v) is 3.51. The topological polar surface area (TPSA) is 60.7 Å². The lowest BCUT2D eigenvalue weighted by atomic mass is 10.1. The smallest absolute Gasteiger partial charge is 0.205 e. The first-order valence-corrected chi connectivity index (χ1v) is 7.14. The van der Waals surface area contributed by atoms with Crippen molar-refractivity contribution in [3.63, 3.8) is 0 Å². The molecular formula is C16H13ClN4O. The Morgan fingerprint density at radius 3 is 2.77 bits per heavy atom. The van der Waals surface area contributed by atoms with E-state index in [1.165, 1.54) is 4.80 Å². The molecule has 0 fully saturated rings. The monoisotopic (exact) mass is 312 g/mol. The van der Waals surface area contributed by atoms with E-state index >= 15 is 0 Å². The number of halogens is 1. The Balaban J connectivity index is 1.80. The van der Waals surface area contributed by atoms with Gasteiger partial charge in [-0.25, -0.2) is 0 Å². The third-order valence-electron chi connectivity index (χ3n) is 3.27. The van der Waals surface area contributed by atoms with E-state index in [0.29, 0.717) is 16.4 Å². The van der Waals surface area contributed by atoms with Crippen molar-refractivity contribution < 1.29 is 4.79 Å². The fraction of sp³-hybridized carbons (Fsp3) is 0.125. The normalized spacial score (nSPS) is 10.6. The van der Waals surface area contributed by atoms with Crippen molar-refractivity contribution in [1.82, 2.24) is 20.2 Å². The zero-order valence-corrected chi connectivity index (χ0v) is 12.7. The number of hydrogen-bond donors (Lipinski definition) is 0. The van der Waals surface area contributed by atoms with Crippen molar-refractivity contribution >= 4 is 17.4 Å². The minimum absolute atomic E-state index is 0.0270. The average Bonchev–Trinajstić information content (AvgIpc) is 2.96. The van der Waals surface area contributed by atoms with Crippen molar-refractivity contribution in [1.29, 1.82) is 0 Å². The summed E-state index contributed by atoms with van der Waals surface area (Å²) in [6, 6.07) is 14.6. The molecule has 0 saturated carbocycles. The van der Waals surface area contributed by atoms with E-state index in [1.54, 1.807) is 24.3 Å². The Bertz CT molecular complexity index is 828. The highest BCUT2D eigenvalue weighted by Gasteiger charge is 2.12. The zero-order chi connectivity index (χ0) is 15.5. The van der Waals surface area contributed by atoms with Crippen molar-refractivity contribution in [2.24, 2.45) is 0 Å². The van der Waals surface area contributed by atoms with Crippen molar-refractivity contribution in [3.8, 4) is 11.4 Å². The van der Waals surface area contributed by atoms with E-state index in [9.17, 15) is 4.79 Å². The molecule has 0 unspecified atom stereocenters. The van der Waals surface area contributed by atoms with E-state index in [0.717, 1.165) is 11.1 Å². The predicted molar refractivity (Wildman–Crippen MR) is 83.8 cm³/mol. The Labute approximate surface area is 132 Å². The van der Waals surface area contributed by atoms with E-state index < -0.39 is 0 Å². The molecule has 1 heterocycles. The van der Waals surface area contributed by atoms with Crippen molar-refractivity contribution in [3.05, 3.63) is 64.7 Å². The average molecular weight is 313 g/mol. The number of rotatable bonds is 4. The van der Waals surface area contributed by atoms with Gasteiger partial charge in [0.2, 0.25) is 5.82 Å². The highest BCUT2D eigenvalue weighted by atomic mass is 35.5. The van der Waals surface area contributed by atoms with Crippen LogP contribution >= 0.6 is 11.6 Å². The van der Waals surface area contributed by atoms with Crippen molar-refractivity contribution in [2.75, 3.05) is 0 Å². The van der Waals surface area contributed by atoms with Gasteiger partial charge in [0.15, 0.2) is 5.78 Å². The molecule has 0 spiro atoms. The Morgan fingerprint density at radius 1 is 1.18 bits per heavy atom. The molecule has 0 aliphatic carbocycles. The molecule has 0 saturated heterocycles. The van der Waals surface area contributed by atoms with Gasteiger partial charge >= 0.3 is 0 Å². The van der Waals surface area contributed by atoms with Gasteiger partial charge in [-0.05, 0) is 29.8 Å². The van der Waals surface area contributed by atoms with E-state index in [1.807, 2.05) is 31.2 Å². The van der Waals surface area contributed by atoms with Crippen molar-refractivity contribution in [2.45, 2.75) is 13.5 Å². The second kappa shape index (κ2) is 6.07. The maximum atomic E-state index is 12.2. The number of aromatic nitrogens is 4. The number of benzene rings is 2. The zero-order valence-electron chi connectivity index (χ0n) is 11.9. The SMILES string of the molecule is Cc1ccccc1-c1nnn(CC(=O)c2cccc(Cl)c2)n1. The first-order valence-electron chi connectivity index (χ1n) is 6.76. The Morgan fingerprint density at radius 2 is 2.00 bits per heavy atom. The molecule has 6 heteroatoms. The van der Waals surface area contributed by atoms with Gasteiger partial charge in [0.25, 0.3) is 0 Å². The summed E-state index contributed by atoms with van der Waals surface area (Å²) in [5.41, 5.74) is 2.49. The number of nitrogens with zero attached hydrogens (tertiary/aromatic N) is 4. The third kappa shape index (κ3) is 3.04. The molecule has 0 amide bonds. The molecule has 2 aromatic carbocycles. The molecule has 0 aliphatic heterocycles. The summed E-state index contributed by atoms with van der Waals surface area (Å²) < 4.78 is 0. The van der Waals surface area contributed by atoms with Crippen LogP contribution in [0.1, 0.15) is 15.9 Å². The van der Waals surface area contributed by atoms with Crippen LogP contribution in [0.5, 0.6) is 0 Å². The maximum absolute atomic E-state index is 12.2. The molecule has 0 radical (unpaired) electrons. The molecular weight excluding hydrogens is 300 g/mol. The summed E-state index contributed by atoms with van der Waals surface area (Å²) in [6.07, 6.45) is 0. The molecule has 22 heavy (non-hydrogen) atoms. The number of tetrazole rings is 1. The lowest BCUT2D eigenvalue weighted by molar-refractivity contribution is 0.0961. The number of hydrogen-bond acceptors (Lipinski definition) is 4. The van der Waals surface area contributed by atoms with Gasteiger partial charge in [-0.1, -0.05) is 48.0 Å². The largest absolute Gasteiger partial charge is 0.292 e. The number of carbonyl (C=O) groups excluding carboxylic acids is 1. The molecule has 3 aromatic rings. The fourth-order valence-electron chi connectivity index (χ4n) is 2.12. The predicted octanol–water partition coefficient (Wildman–Crippen LogP) is 3.18. The number of Topliss-reactive ketones (excluding diaryl/α,β-unsaturated/α-hetero) is 1. The van der Waals surface area contributed by atoms with Gasteiger partial charge < -0.3 is 0 Å². The Hall–Kier alpha value is -2.53. The lowest BCUT2D eigenvalue weighted by Crippen LogP contribution is -2.13. The second-order valence-corrected chi connectivity index (χ2v) is 5.33. The number of aryl methyl sites for hydroxylation is 1. The summed E-state index contributed by atoms with van der Waals surface area (Å²) in [6.45, 7) is 2.01. The molecule has 1 aromatic heterocycles. The molecule has 0 bridgehead atoms. The molecule has 0 aliphatic rings. The second-order valence-electron chi connectivity index (χ2n) is 4.89. The van der Waals surface area contributed by atoms with E-state index in [4.69, 9.17) is 11.6 Å². The van der Waals surface area contributed by atoms with Gasteiger partial charge in [0.05, 0.1) is 0 Å². The van der Waals surface area contributed by atoms with Crippen LogP contribution in [0.15, 0.2) is 48.5 Å². The number of ketones is 1. The minimum Gasteiger partial charge on any atom is -0.292 e. The molecule has 0 atom stereocenters. The summed E-state index contributed by atoms with van der Waals surface area (Å²) in [5, 5.41) is 12.8. The quantitative estimate of drug-likeness (QED) is 0.694. The first kappa shape index (κ1) is 14.4. The van der Waals surface area contributed by atoms with E-state index in [2.05, 4.69) is 15.4 Å². The molecule has 5 nitrogen and oxygen atoms in total. The highest BCUT2D eigenvalue weighted by molar-refractivity contribution is 6.31. The standard InChI is InChI=1S/C16H13ClN4O/c1-11-5-2-3-8-14(11)16-18-20-21(19-16)10-15(22)12-6-4-7-13(17)9-12/h2-9H,10H2,1H3. The van der Waals surface area contributed by atoms with Crippen LogP contribution in [0.25, 0.3) is 11.4 Å². The molecule has 0 N–H and O–H groups in total. The van der Waals surface area contributed by atoms with Crippen LogP contribution in [-0.2, 0) is 6.54 Å². The maximum Gasteiger partial charge on any atom is 0.205 e. The summed E-state index contributed by atoms with van der Waals surface area (Å²) in [4.78, 5) is 13.5.